The Hall–Kier alpha value is -3.42. The first-order valence-electron chi connectivity index (χ1n) is 13.7. The third-order valence-electron chi connectivity index (χ3n) is 7.45. The summed E-state index contributed by atoms with van der Waals surface area (Å²) in [6.45, 7) is 8.64. The van der Waals surface area contributed by atoms with Crippen LogP contribution in [0.5, 0.6) is 0 Å². The maximum atomic E-state index is 13.4. The average Bonchev–Trinajstić information content (AvgIpc) is 3.59. The molecule has 0 radical (unpaired) electrons. The number of aromatic amines is 1. The Morgan fingerprint density at radius 2 is 1.92 bits per heavy atom. The van der Waals surface area contributed by atoms with Crippen molar-refractivity contribution in [1.29, 1.82) is 0 Å². The molecule has 8 heteroatoms. The zero-order valence-corrected chi connectivity index (χ0v) is 23.4. The van der Waals surface area contributed by atoms with E-state index in [4.69, 9.17) is 9.47 Å². The van der Waals surface area contributed by atoms with Gasteiger partial charge in [-0.05, 0) is 42.9 Å². The van der Waals surface area contributed by atoms with Gasteiger partial charge in [-0.15, -0.1) is 0 Å². The van der Waals surface area contributed by atoms with Crippen LogP contribution in [-0.4, -0.2) is 38.1 Å². The minimum atomic E-state index is -0.402. The summed E-state index contributed by atoms with van der Waals surface area (Å²) in [6, 6.07) is 6.09. The average molecular weight is 523 g/mol. The molecule has 2 heterocycles. The number of ether oxygens (including phenoxy) is 2. The van der Waals surface area contributed by atoms with E-state index in [1.54, 1.807) is 18.9 Å². The number of unbranched alkanes of at least 4 members (excludes halogenated alkanes) is 2. The normalized spacial score (nSPS) is 13.6. The van der Waals surface area contributed by atoms with Gasteiger partial charge in [-0.3, -0.25) is 9.59 Å². The van der Waals surface area contributed by atoms with E-state index in [1.165, 1.54) is 5.56 Å². The molecule has 0 aliphatic carbocycles. The molecule has 3 aromatic rings. The fourth-order valence-electron chi connectivity index (χ4n) is 4.91. The van der Waals surface area contributed by atoms with Crippen LogP contribution in [-0.2, 0) is 39.1 Å². The maximum Gasteiger partial charge on any atom is 0.309 e. The van der Waals surface area contributed by atoms with Crippen LogP contribution in [0.3, 0.4) is 0 Å². The van der Waals surface area contributed by atoms with Crippen LogP contribution in [0.1, 0.15) is 86.9 Å². The van der Waals surface area contributed by atoms with Crippen molar-refractivity contribution >= 4 is 11.9 Å². The predicted octanol–water partition coefficient (Wildman–Crippen LogP) is 5.66. The minimum absolute atomic E-state index is 0.145. The van der Waals surface area contributed by atoms with Gasteiger partial charge in [0.25, 0.3) is 0 Å². The molecule has 1 unspecified atom stereocenters. The SMILES string of the molecule is CCCCCC(=O)OCC(Cc1cncn1C)[C@H](CC)C(=O)OCc1cccc([C@H](C)c2cnc[nH]2)c1C. The molecular formula is C30H42N4O4. The van der Waals surface area contributed by atoms with Crippen LogP contribution >= 0.6 is 0 Å². The molecule has 1 N–H and O–H groups in total. The lowest BCUT2D eigenvalue weighted by molar-refractivity contribution is -0.156. The van der Waals surface area contributed by atoms with E-state index in [-0.39, 0.29) is 37.0 Å². The number of H-pyrrole nitrogens is 1. The number of esters is 2. The molecule has 0 aliphatic heterocycles. The molecule has 8 nitrogen and oxygen atoms in total. The number of aromatic nitrogens is 4. The number of hydrogen-bond acceptors (Lipinski definition) is 6. The summed E-state index contributed by atoms with van der Waals surface area (Å²) in [6.07, 6.45) is 11.5. The first kappa shape index (κ1) is 29.1. The van der Waals surface area contributed by atoms with Crippen molar-refractivity contribution in [2.75, 3.05) is 6.61 Å². The molecule has 0 saturated carbocycles. The molecule has 3 atom stereocenters. The van der Waals surface area contributed by atoms with Gasteiger partial charge in [0.15, 0.2) is 0 Å². The van der Waals surface area contributed by atoms with Crippen molar-refractivity contribution < 1.29 is 19.1 Å². The van der Waals surface area contributed by atoms with Gasteiger partial charge in [0.1, 0.15) is 6.61 Å². The van der Waals surface area contributed by atoms with E-state index < -0.39 is 5.92 Å². The third kappa shape index (κ3) is 7.79. The van der Waals surface area contributed by atoms with Crippen molar-refractivity contribution in [3.05, 3.63) is 71.3 Å². The number of nitrogens with zero attached hydrogens (tertiary/aromatic N) is 3. The van der Waals surface area contributed by atoms with Gasteiger partial charge in [-0.25, -0.2) is 9.97 Å². The van der Waals surface area contributed by atoms with Gasteiger partial charge in [-0.1, -0.05) is 51.8 Å². The Morgan fingerprint density at radius 1 is 1.11 bits per heavy atom. The summed E-state index contributed by atoms with van der Waals surface area (Å²) < 4.78 is 13.5. The Kier molecular flexibility index (Phi) is 11.1. The summed E-state index contributed by atoms with van der Waals surface area (Å²) in [4.78, 5) is 37.2. The zero-order chi connectivity index (χ0) is 27.5. The Bertz CT molecular complexity index is 1150. The number of rotatable bonds is 15. The second-order valence-electron chi connectivity index (χ2n) is 10.1. The smallest absolute Gasteiger partial charge is 0.309 e. The van der Waals surface area contributed by atoms with Crippen molar-refractivity contribution in [2.45, 2.75) is 78.7 Å². The van der Waals surface area contributed by atoms with Crippen LogP contribution in [0.2, 0.25) is 0 Å². The first-order valence-corrected chi connectivity index (χ1v) is 13.7. The lowest BCUT2D eigenvalue weighted by Gasteiger charge is -2.25. The minimum Gasteiger partial charge on any atom is -0.465 e. The number of carbonyl (C=O) groups is 2. The van der Waals surface area contributed by atoms with E-state index >= 15 is 0 Å². The van der Waals surface area contributed by atoms with E-state index in [0.29, 0.717) is 19.3 Å². The predicted molar refractivity (Wildman–Crippen MR) is 146 cm³/mol. The first-order chi connectivity index (χ1) is 18.3. The molecule has 0 saturated heterocycles. The number of benzene rings is 1. The summed E-state index contributed by atoms with van der Waals surface area (Å²) in [5.74, 6) is -0.943. The van der Waals surface area contributed by atoms with Gasteiger partial charge in [0.2, 0.25) is 0 Å². The number of carbonyl (C=O) groups excluding carboxylic acids is 2. The van der Waals surface area contributed by atoms with Crippen LogP contribution in [0.15, 0.2) is 43.2 Å². The molecule has 2 aromatic heterocycles. The van der Waals surface area contributed by atoms with Crippen molar-refractivity contribution in [1.82, 2.24) is 19.5 Å². The summed E-state index contributed by atoms with van der Waals surface area (Å²) in [7, 11) is 1.93. The lowest BCUT2D eigenvalue weighted by atomic mass is 9.87. The Balaban J connectivity index is 1.69. The zero-order valence-electron chi connectivity index (χ0n) is 23.4. The topological polar surface area (TPSA) is 99.1 Å². The standard InChI is InChI=1S/C30H42N4O4/c1-6-8-9-13-29(35)37-18-24(14-25-15-32-20-34(25)5)26(7-2)30(36)38-17-23-11-10-12-27(21(23)3)22(4)28-16-31-19-33-28/h10-12,15-16,19-20,22,24,26H,6-9,13-14,17-18H2,1-5H3,(H,31,33)/t22-,24?,26-/m0/s1. The highest BCUT2D eigenvalue weighted by atomic mass is 16.5. The van der Waals surface area contributed by atoms with Gasteiger partial charge in [0.05, 0.1) is 25.2 Å². The second kappa shape index (κ2) is 14.5. The van der Waals surface area contributed by atoms with Crippen LogP contribution in [0, 0.1) is 18.8 Å². The second-order valence-corrected chi connectivity index (χ2v) is 10.1. The molecule has 206 valence electrons. The molecule has 38 heavy (non-hydrogen) atoms. The highest BCUT2D eigenvalue weighted by molar-refractivity contribution is 5.73. The van der Waals surface area contributed by atoms with E-state index in [9.17, 15) is 9.59 Å². The molecule has 3 rings (SSSR count). The maximum absolute atomic E-state index is 13.4. The number of imidazole rings is 2. The van der Waals surface area contributed by atoms with Crippen LogP contribution in [0.25, 0.3) is 0 Å². The van der Waals surface area contributed by atoms with Crippen LogP contribution in [0.4, 0.5) is 0 Å². The summed E-state index contributed by atoms with van der Waals surface area (Å²) in [5.41, 5.74) is 5.26. The summed E-state index contributed by atoms with van der Waals surface area (Å²) >= 11 is 0. The van der Waals surface area contributed by atoms with Gasteiger partial charge >= 0.3 is 11.9 Å². The van der Waals surface area contributed by atoms with Crippen molar-refractivity contribution in [3.8, 4) is 0 Å². The monoisotopic (exact) mass is 522 g/mol. The fraction of sp³-hybridized carbons (Fsp3) is 0.533. The van der Waals surface area contributed by atoms with Gasteiger partial charge < -0.3 is 19.0 Å². The number of nitrogens with one attached hydrogen (secondary N) is 1. The Morgan fingerprint density at radius 3 is 2.58 bits per heavy atom. The van der Waals surface area contributed by atoms with Gasteiger partial charge in [-0.2, -0.15) is 0 Å². The van der Waals surface area contributed by atoms with E-state index in [0.717, 1.165) is 41.8 Å². The van der Waals surface area contributed by atoms with Gasteiger partial charge in [0, 0.05) is 49.1 Å². The van der Waals surface area contributed by atoms with E-state index in [1.807, 2.05) is 36.9 Å². The van der Waals surface area contributed by atoms with Crippen molar-refractivity contribution in [2.24, 2.45) is 18.9 Å². The third-order valence-corrected chi connectivity index (χ3v) is 7.45. The molecular weight excluding hydrogens is 480 g/mol. The fourth-order valence-corrected chi connectivity index (χ4v) is 4.91. The number of aryl methyl sites for hydroxylation is 1. The molecule has 0 aliphatic rings. The largest absolute Gasteiger partial charge is 0.465 e. The molecule has 0 amide bonds. The Labute approximate surface area is 226 Å². The molecule has 0 spiro atoms. The van der Waals surface area contributed by atoms with E-state index in [2.05, 4.69) is 41.8 Å². The lowest BCUT2D eigenvalue weighted by Crippen LogP contribution is -2.31. The van der Waals surface area contributed by atoms with Crippen LogP contribution < -0.4 is 0 Å². The van der Waals surface area contributed by atoms with Crippen molar-refractivity contribution in [3.63, 3.8) is 0 Å². The quantitative estimate of drug-likeness (QED) is 0.204. The highest BCUT2D eigenvalue weighted by Gasteiger charge is 2.30. The molecule has 0 fully saturated rings. The number of hydrogen-bond donors (Lipinski definition) is 1. The molecule has 0 bridgehead atoms. The highest BCUT2D eigenvalue weighted by Crippen LogP contribution is 2.28. The summed E-state index contributed by atoms with van der Waals surface area (Å²) in [5, 5.41) is 0. The molecule has 1 aromatic carbocycles.